The molecule has 1 atom stereocenters. The second-order valence-corrected chi connectivity index (χ2v) is 12.6. The molecule has 0 saturated carbocycles. The fourth-order valence-corrected chi connectivity index (χ4v) is 6.81. The van der Waals surface area contributed by atoms with Gasteiger partial charge in [0.1, 0.15) is 16.7 Å². The van der Waals surface area contributed by atoms with Crippen LogP contribution in [0.3, 0.4) is 0 Å². The van der Waals surface area contributed by atoms with Gasteiger partial charge < -0.3 is 20.1 Å². The molecule has 16 heteroatoms. The van der Waals surface area contributed by atoms with Gasteiger partial charge in [-0.1, -0.05) is 31.3 Å². The van der Waals surface area contributed by atoms with Crippen LogP contribution in [0.15, 0.2) is 47.5 Å². The molecule has 3 heterocycles. The molecule has 0 spiro atoms. The Morgan fingerprint density at radius 2 is 1.86 bits per heavy atom. The Balaban J connectivity index is 1.60. The quantitative estimate of drug-likeness (QED) is 0.363. The van der Waals surface area contributed by atoms with Crippen molar-refractivity contribution in [3.63, 3.8) is 0 Å². The molecule has 4 rings (SSSR count). The van der Waals surface area contributed by atoms with E-state index in [1.165, 1.54) is 0 Å². The van der Waals surface area contributed by atoms with Crippen molar-refractivity contribution in [2.45, 2.75) is 50.5 Å². The van der Waals surface area contributed by atoms with Gasteiger partial charge in [-0.2, -0.15) is 4.31 Å². The monoisotopic (exact) mass is 627 g/mol. The van der Waals surface area contributed by atoms with E-state index in [-0.39, 0.29) is 47.6 Å². The Labute approximate surface area is 244 Å². The van der Waals surface area contributed by atoms with Crippen LogP contribution < -0.4 is 15.0 Å². The van der Waals surface area contributed by atoms with Crippen LogP contribution in [-0.4, -0.2) is 71.7 Å². The molecule has 1 amide bonds. The zero-order chi connectivity index (χ0) is 30.8. The van der Waals surface area contributed by atoms with Crippen LogP contribution in [0.25, 0.3) is 0 Å². The lowest BCUT2D eigenvalue weighted by Crippen LogP contribution is -2.60. The van der Waals surface area contributed by atoms with Crippen LogP contribution in [0.1, 0.15) is 46.4 Å². The summed E-state index contributed by atoms with van der Waals surface area (Å²) < 4.78 is 69.8. The number of aryl methyl sites for hydroxylation is 1. The zero-order valence-corrected chi connectivity index (χ0v) is 24.4. The van der Waals surface area contributed by atoms with Gasteiger partial charge in [0, 0.05) is 38.1 Å². The summed E-state index contributed by atoms with van der Waals surface area (Å²) in [5, 5.41) is 12.5. The van der Waals surface area contributed by atoms with Crippen molar-refractivity contribution in [1.29, 1.82) is 0 Å². The standard InChI is InChI=1S/C26H28F3N5O6S2/c1-15(2)20-9-4-17(12-30-20)13-31-23(35)21-14-33(25-32-16(3)22(41-25)24(36)37)10-11-34(21)42(38,39)19-7-5-18(6-8-19)40-26(27,28)29/h4-9,12,15,21H,10-11,13-14H2,1-3H3,(H,31,35)(H,36,37)/t21-/m1/s1. The molecule has 1 saturated heterocycles. The normalized spacial score (nSPS) is 16.5. The second-order valence-electron chi connectivity index (χ2n) is 9.78. The smallest absolute Gasteiger partial charge is 0.477 e. The van der Waals surface area contributed by atoms with Gasteiger partial charge in [-0.25, -0.2) is 18.2 Å². The van der Waals surface area contributed by atoms with Gasteiger partial charge >= 0.3 is 12.3 Å². The number of amides is 1. The Bertz CT molecular complexity index is 1540. The lowest BCUT2D eigenvalue weighted by atomic mass is 10.1. The molecular formula is C26H28F3N5O6S2. The first kappa shape index (κ1) is 31.2. The number of carboxylic acids is 1. The van der Waals surface area contributed by atoms with E-state index in [2.05, 4.69) is 20.0 Å². The average Bonchev–Trinajstić information content (AvgIpc) is 3.33. The number of benzene rings is 1. The van der Waals surface area contributed by atoms with Gasteiger partial charge in [0.05, 0.1) is 10.6 Å². The van der Waals surface area contributed by atoms with Crippen molar-refractivity contribution in [2.75, 3.05) is 24.5 Å². The number of hydrogen-bond acceptors (Lipinski definition) is 9. The summed E-state index contributed by atoms with van der Waals surface area (Å²) in [6.07, 6.45) is -3.33. The number of sulfonamides is 1. The summed E-state index contributed by atoms with van der Waals surface area (Å²) >= 11 is 0.914. The van der Waals surface area contributed by atoms with Crippen LogP contribution in [-0.2, 0) is 21.4 Å². The Kier molecular flexibility index (Phi) is 9.08. The SMILES string of the molecule is Cc1nc(N2CCN(S(=O)(=O)c3ccc(OC(F)(F)F)cc3)[C@@H](C(=O)NCc3ccc(C(C)C)nc3)C2)sc1C(=O)O. The van der Waals surface area contributed by atoms with Gasteiger partial charge in [0.15, 0.2) is 5.13 Å². The molecule has 1 aliphatic heterocycles. The number of halogens is 3. The fourth-order valence-electron chi connectivity index (χ4n) is 4.29. The van der Waals surface area contributed by atoms with Gasteiger partial charge in [-0.05, 0) is 48.7 Å². The molecule has 1 aromatic carbocycles. The molecule has 2 N–H and O–H groups in total. The Hall–Kier alpha value is -3.76. The van der Waals surface area contributed by atoms with Crippen molar-refractivity contribution in [2.24, 2.45) is 0 Å². The molecule has 0 radical (unpaired) electrons. The minimum Gasteiger partial charge on any atom is -0.477 e. The van der Waals surface area contributed by atoms with Crippen LogP contribution in [0.5, 0.6) is 5.75 Å². The first-order chi connectivity index (χ1) is 19.7. The number of carboxylic acid groups (broad SMARTS) is 1. The van der Waals surface area contributed by atoms with Crippen molar-refractivity contribution in [3.05, 3.63) is 64.4 Å². The van der Waals surface area contributed by atoms with Crippen LogP contribution >= 0.6 is 11.3 Å². The number of hydrogen-bond donors (Lipinski definition) is 2. The highest BCUT2D eigenvalue weighted by atomic mass is 32.2. The van der Waals surface area contributed by atoms with E-state index in [4.69, 9.17) is 0 Å². The third-order valence-corrected chi connectivity index (χ3v) is 9.58. The lowest BCUT2D eigenvalue weighted by Gasteiger charge is -2.39. The third kappa shape index (κ3) is 7.17. The highest BCUT2D eigenvalue weighted by Crippen LogP contribution is 2.31. The maximum absolute atomic E-state index is 13.6. The highest BCUT2D eigenvalue weighted by molar-refractivity contribution is 7.89. The highest BCUT2D eigenvalue weighted by Gasteiger charge is 2.41. The Morgan fingerprint density at radius 1 is 1.17 bits per heavy atom. The molecule has 11 nitrogen and oxygen atoms in total. The van der Waals surface area contributed by atoms with Crippen molar-refractivity contribution in [1.82, 2.24) is 19.6 Å². The molecule has 42 heavy (non-hydrogen) atoms. The predicted octanol–water partition coefficient (Wildman–Crippen LogP) is 3.76. The molecule has 226 valence electrons. The number of pyridine rings is 1. The van der Waals surface area contributed by atoms with E-state index in [9.17, 15) is 36.3 Å². The van der Waals surface area contributed by atoms with E-state index in [0.29, 0.717) is 10.7 Å². The first-order valence-corrected chi connectivity index (χ1v) is 15.0. The van der Waals surface area contributed by atoms with E-state index in [1.807, 2.05) is 19.9 Å². The number of aromatic nitrogens is 2. The van der Waals surface area contributed by atoms with E-state index in [1.54, 1.807) is 24.1 Å². The average molecular weight is 628 g/mol. The molecular weight excluding hydrogens is 599 g/mol. The minimum absolute atomic E-state index is 0.0274. The largest absolute Gasteiger partial charge is 0.573 e. The number of ether oxygens (including phenoxy) is 1. The number of anilines is 1. The molecule has 1 aliphatic rings. The van der Waals surface area contributed by atoms with E-state index in [0.717, 1.165) is 45.6 Å². The second kappa shape index (κ2) is 12.2. The predicted molar refractivity (Wildman–Crippen MR) is 147 cm³/mol. The number of aromatic carboxylic acids is 1. The van der Waals surface area contributed by atoms with Gasteiger partial charge in [0.2, 0.25) is 15.9 Å². The summed E-state index contributed by atoms with van der Waals surface area (Å²) in [7, 11) is -4.35. The van der Waals surface area contributed by atoms with Crippen molar-refractivity contribution >= 4 is 38.4 Å². The minimum atomic E-state index is -4.95. The molecule has 2 aromatic heterocycles. The summed E-state index contributed by atoms with van der Waals surface area (Å²) in [5.41, 5.74) is 1.85. The summed E-state index contributed by atoms with van der Waals surface area (Å²) in [6.45, 7) is 5.37. The molecule has 3 aromatic rings. The summed E-state index contributed by atoms with van der Waals surface area (Å²) in [5.74, 6) is -2.15. The topological polar surface area (TPSA) is 142 Å². The number of piperazine rings is 1. The zero-order valence-electron chi connectivity index (χ0n) is 22.8. The molecule has 0 bridgehead atoms. The van der Waals surface area contributed by atoms with Crippen LogP contribution in [0.4, 0.5) is 18.3 Å². The number of rotatable bonds is 9. The maximum atomic E-state index is 13.6. The van der Waals surface area contributed by atoms with Gasteiger partial charge in [-0.3, -0.25) is 9.78 Å². The molecule has 0 unspecified atom stereocenters. The third-order valence-electron chi connectivity index (χ3n) is 6.45. The number of nitrogens with one attached hydrogen (secondary N) is 1. The van der Waals surface area contributed by atoms with Crippen molar-refractivity contribution in [3.8, 4) is 5.75 Å². The van der Waals surface area contributed by atoms with Gasteiger partial charge in [0.25, 0.3) is 0 Å². The first-order valence-electron chi connectivity index (χ1n) is 12.7. The number of nitrogens with zero attached hydrogens (tertiary/aromatic N) is 4. The summed E-state index contributed by atoms with van der Waals surface area (Å²) in [6, 6.07) is 6.08. The fraction of sp³-hybridized carbons (Fsp3) is 0.385. The number of alkyl halides is 3. The Morgan fingerprint density at radius 3 is 2.40 bits per heavy atom. The van der Waals surface area contributed by atoms with Crippen LogP contribution in [0.2, 0.25) is 0 Å². The number of thiazole rings is 1. The van der Waals surface area contributed by atoms with E-state index < -0.39 is 40.1 Å². The molecule has 0 aliphatic carbocycles. The van der Waals surface area contributed by atoms with Gasteiger partial charge in [-0.15, -0.1) is 13.2 Å². The number of carbonyl (C=O) groups is 2. The lowest BCUT2D eigenvalue weighted by molar-refractivity contribution is -0.274. The number of carbonyl (C=O) groups excluding carboxylic acids is 1. The summed E-state index contributed by atoms with van der Waals surface area (Å²) in [4.78, 5) is 35.0. The maximum Gasteiger partial charge on any atom is 0.573 e. The molecule has 1 fully saturated rings. The van der Waals surface area contributed by atoms with E-state index >= 15 is 0 Å². The van der Waals surface area contributed by atoms with Crippen LogP contribution in [0, 0.1) is 6.92 Å². The van der Waals surface area contributed by atoms with Crippen molar-refractivity contribution < 1.29 is 41.0 Å².